The van der Waals surface area contributed by atoms with Crippen molar-refractivity contribution in [3.05, 3.63) is 0 Å². The topological polar surface area (TPSA) is 539 Å². The quantitative estimate of drug-likeness (QED) is 0.0252. The van der Waals surface area contributed by atoms with Gasteiger partial charge in [0, 0.05) is 85.2 Å². The van der Waals surface area contributed by atoms with Gasteiger partial charge in [0.2, 0.25) is 47.3 Å². The number of carbonyl (C=O) groups is 9. The van der Waals surface area contributed by atoms with Crippen molar-refractivity contribution in [2.45, 2.75) is 196 Å². The number of ketones is 1. The Morgan fingerprint density at radius 3 is 0.969 bits per heavy atom. The molecule has 0 bridgehead atoms. The highest BCUT2D eigenvalue weighted by molar-refractivity contribution is 5.80. The van der Waals surface area contributed by atoms with E-state index in [1.807, 2.05) is 13.8 Å². The number of amides is 8. The lowest BCUT2D eigenvalue weighted by Gasteiger charge is -2.42. The molecule has 3 heterocycles. The fraction of sp³-hybridized carbons (Fsp3) is 0.847. The summed E-state index contributed by atoms with van der Waals surface area (Å²) in [4.78, 5) is 111. The van der Waals surface area contributed by atoms with Crippen LogP contribution in [-0.2, 0) is 85.8 Å². The first-order valence-electron chi connectivity index (χ1n) is 32.3. The van der Waals surface area contributed by atoms with Gasteiger partial charge in [-0.05, 0) is 25.8 Å². The van der Waals surface area contributed by atoms with E-state index >= 15 is 0 Å². The molecule has 37 nitrogen and oxygen atoms in total. The standard InChI is InChI=1S/C59H106N10O27/c1-34(2)69-59(32-89-22-11-43(78)62-17-7-19-64-45(80)13-25-92-57-48(67-36(4)74)54(86)51(83)40(29-71)95-57,33-90-23-12-44(79)63-18-8-20-65-46(81)14-26-93-58-49(68-37(5)75)55(87)52(84)41(30-72)96-58)31-88-21-10-42(77)61-16-6-15-60-27-38(76)9-24-91-56-47(66-35(3)73)53(85)50(82)39(28-70)94-56/h34,39-41,47-58,60,69-72,82-87H,6-33H2,1-5H3,(H,61,77)(H,62,78)(H,63,79)(H,64,80)(H,65,81)(H,66,73)(H,67,74)(H,68,75)/t39?,40?,41?,47-,48-,49-,50-,51-,52-,53?,54?,55?,56+,57+,58+,59?/m0/s1. The molecule has 0 aromatic carbocycles. The van der Waals surface area contributed by atoms with Crippen LogP contribution in [0, 0.1) is 0 Å². The molecular formula is C59H106N10O27. The summed E-state index contributed by atoms with van der Waals surface area (Å²) in [6, 6.07) is -3.62. The first kappa shape index (κ1) is 84.9. The van der Waals surface area contributed by atoms with Gasteiger partial charge in [0.15, 0.2) is 18.9 Å². The Balaban J connectivity index is 1.43. The van der Waals surface area contributed by atoms with Gasteiger partial charge < -0.3 is 142 Å². The van der Waals surface area contributed by atoms with Crippen LogP contribution < -0.4 is 53.2 Å². The summed E-state index contributed by atoms with van der Waals surface area (Å²) in [6.45, 7) is 6.31. The lowest BCUT2D eigenvalue weighted by molar-refractivity contribution is -0.270. The Hall–Kier alpha value is -5.37. The molecule has 15 atom stereocenters. The van der Waals surface area contributed by atoms with Gasteiger partial charge in [-0.15, -0.1) is 0 Å². The molecule has 96 heavy (non-hydrogen) atoms. The van der Waals surface area contributed by atoms with E-state index in [9.17, 15) is 89.1 Å². The molecular weight excluding hydrogens is 1280 g/mol. The van der Waals surface area contributed by atoms with Crippen LogP contribution in [0.2, 0.25) is 0 Å². The van der Waals surface area contributed by atoms with Crippen molar-refractivity contribution >= 4 is 53.0 Å². The third-order valence-electron chi connectivity index (χ3n) is 15.0. The molecule has 37 heteroatoms. The summed E-state index contributed by atoms with van der Waals surface area (Å²) >= 11 is 0. The molecule has 0 saturated carbocycles. The minimum atomic E-state index is -1.51. The number of nitrogens with one attached hydrogen (secondary N) is 10. The maximum absolute atomic E-state index is 12.8. The molecule has 0 aromatic rings. The molecule has 0 aromatic heterocycles. The molecule has 6 unspecified atom stereocenters. The smallest absolute Gasteiger partial charge is 0.222 e. The Kier molecular flexibility index (Phi) is 41.4. The molecule has 0 aliphatic carbocycles. The molecule has 3 aliphatic rings. The SMILES string of the molecule is CC(=O)N[C@H]1C(O)[C@@H](O)C(CO)O[C@H]1OCCC(=O)CNCCCNC(=O)CCOCC(COCCC(=O)NCCCNC(=O)CCO[C@@H]1OC(CO)[C@H](O)C(O)[C@@H]1NC(C)=O)(COCCC(=O)NCCCNC(=O)CCO[C@@H]1OC(CO)[C@H](O)C(O)[C@@H]1NC(C)=O)NC(C)C. The van der Waals surface area contributed by atoms with E-state index in [1.54, 1.807) is 0 Å². The van der Waals surface area contributed by atoms with E-state index in [4.69, 9.17) is 42.6 Å². The minimum absolute atomic E-state index is 0.0101. The van der Waals surface area contributed by atoms with E-state index < -0.39 is 147 Å². The minimum Gasteiger partial charge on any atom is -0.394 e. The fourth-order valence-corrected chi connectivity index (χ4v) is 10.1. The van der Waals surface area contributed by atoms with Crippen molar-refractivity contribution in [2.24, 2.45) is 0 Å². The van der Waals surface area contributed by atoms with Crippen LogP contribution in [0.25, 0.3) is 0 Å². The van der Waals surface area contributed by atoms with E-state index in [2.05, 4.69) is 53.2 Å². The summed E-state index contributed by atoms with van der Waals surface area (Å²) in [5, 5.41) is 118. The van der Waals surface area contributed by atoms with E-state index in [0.717, 1.165) is 0 Å². The van der Waals surface area contributed by atoms with Crippen LogP contribution >= 0.6 is 0 Å². The van der Waals surface area contributed by atoms with Gasteiger partial charge in [0.1, 0.15) is 78.8 Å². The van der Waals surface area contributed by atoms with Gasteiger partial charge >= 0.3 is 0 Å². The van der Waals surface area contributed by atoms with Crippen molar-refractivity contribution in [3.8, 4) is 0 Å². The van der Waals surface area contributed by atoms with Gasteiger partial charge in [-0.2, -0.15) is 0 Å². The number of aliphatic hydroxyl groups excluding tert-OH is 9. The first-order valence-corrected chi connectivity index (χ1v) is 32.3. The molecule has 3 aliphatic heterocycles. The van der Waals surface area contributed by atoms with Crippen LogP contribution in [0.4, 0.5) is 0 Å². The van der Waals surface area contributed by atoms with Crippen molar-refractivity contribution in [1.82, 2.24) is 53.2 Å². The predicted octanol–water partition coefficient (Wildman–Crippen LogP) is -9.10. The first-order chi connectivity index (χ1) is 45.7. The predicted molar refractivity (Wildman–Crippen MR) is 332 cm³/mol. The van der Waals surface area contributed by atoms with Crippen LogP contribution in [-0.4, -0.2) is 328 Å². The van der Waals surface area contributed by atoms with Gasteiger partial charge in [-0.1, -0.05) is 13.8 Å². The Bertz CT molecular complexity index is 2240. The molecule has 19 N–H and O–H groups in total. The monoisotopic (exact) mass is 1390 g/mol. The highest BCUT2D eigenvalue weighted by Crippen LogP contribution is 2.25. The zero-order chi connectivity index (χ0) is 71.2. The lowest BCUT2D eigenvalue weighted by Crippen LogP contribution is -2.64. The third-order valence-corrected chi connectivity index (χ3v) is 15.0. The van der Waals surface area contributed by atoms with Gasteiger partial charge in [-0.3, -0.25) is 43.2 Å². The number of hydrogen-bond acceptors (Lipinski definition) is 29. The summed E-state index contributed by atoms with van der Waals surface area (Å²) in [5.41, 5.74) is -1.04. The second-order valence-corrected chi connectivity index (χ2v) is 23.7. The number of aliphatic hydroxyl groups is 9. The van der Waals surface area contributed by atoms with E-state index in [-0.39, 0.29) is 167 Å². The van der Waals surface area contributed by atoms with Crippen LogP contribution in [0.5, 0.6) is 0 Å². The molecule has 0 radical (unpaired) electrons. The van der Waals surface area contributed by atoms with Gasteiger partial charge in [0.25, 0.3) is 0 Å². The third kappa shape index (κ3) is 32.5. The summed E-state index contributed by atoms with van der Waals surface area (Å²) in [7, 11) is 0. The number of ether oxygens (including phenoxy) is 9. The number of rotatable bonds is 49. The summed E-state index contributed by atoms with van der Waals surface area (Å²) < 4.78 is 51.4. The highest BCUT2D eigenvalue weighted by atomic mass is 16.7. The highest BCUT2D eigenvalue weighted by Gasteiger charge is 2.48. The van der Waals surface area contributed by atoms with Gasteiger partial charge in [0.05, 0.1) is 104 Å². The van der Waals surface area contributed by atoms with Crippen molar-refractivity contribution in [1.29, 1.82) is 0 Å². The molecule has 554 valence electrons. The summed E-state index contributed by atoms with van der Waals surface area (Å²) in [5.74, 6) is -3.57. The molecule has 3 rings (SSSR count). The van der Waals surface area contributed by atoms with Crippen molar-refractivity contribution in [2.75, 3.05) is 125 Å². The normalized spacial score (nSPS) is 26.4. The summed E-state index contributed by atoms with van der Waals surface area (Å²) in [6.07, 6.45) is -15.4. The maximum atomic E-state index is 12.8. The van der Waals surface area contributed by atoms with Crippen LogP contribution in [0.3, 0.4) is 0 Å². The maximum Gasteiger partial charge on any atom is 0.222 e. The van der Waals surface area contributed by atoms with Crippen LogP contribution in [0.1, 0.15) is 92.4 Å². The molecule has 3 fully saturated rings. The number of carbonyl (C=O) groups excluding carboxylic acids is 9. The fourth-order valence-electron chi connectivity index (χ4n) is 10.1. The average molecular weight is 1390 g/mol. The number of hydrogen-bond donors (Lipinski definition) is 19. The second-order valence-electron chi connectivity index (χ2n) is 23.7. The average Bonchev–Trinajstić information content (AvgIpc) is 0.864. The molecule has 3 saturated heterocycles. The van der Waals surface area contributed by atoms with Crippen LogP contribution in [0.15, 0.2) is 0 Å². The zero-order valence-corrected chi connectivity index (χ0v) is 55.4. The second kappa shape index (κ2) is 46.8. The van der Waals surface area contributed by atoms with E-state index in [1.165, 1.54) is 20.8 Å². The largest absolute Gasteiger partial charge is 0.394 e. The Morgan fingerprint density at radius 2 is 0.688 bits per heavy atom. The Morgan fingerprint density at radius 1 is 0.406 bits per heavy atom. The zero-order valence-electron chi connectivity index (χ0n) is 55.4. The number of Topliss-reactive ketones (excluding diaryl/α,β-unsaturated/α-hetero) is 1. The molecule has 0 spiro atoms. The van der Waals surface area contributed by atoms with Crippen molar-refractivity contribution in [3.63, 3.8) is 0 Å². The Labute approximate surface area is 557 Å². The lowest BCUT2D eigenvalue weighted by atomic mass is 9.97. The molecule has 8 amide bonds. The van der Waals surface area contributed by atoms with Gasteiger partial charge in [-0.25, -0.2) is 0 Å². The van der Waals surface area contributed by atoms with Crippen molar-refractivity contribution < 1.29 is 132 Å². The van der Waals surface area contributed by atoms with E-state index in [0.29, 0.717) is 25.8 Å².